The van der Waals surface area contributed by atoms with Crippen LogP contribution in [0.5, 0.6) is 0 Å². The van der Waals surface area contributed by atoms with Gasteiger partial charge in [0.25, 0.3) is 0 Å². The first-order chi connectivity index (χ1) is 8.74. The fourth-order valence-electron chi connectivity index (χ4n) is 1.54. The predicted molar refractivity (Wildman–Crippen MR) is 70.6 cm³/mol. The van der Waals surface area contributed by atoms with Crippen LogP contribution < -0.4 is 10.6 Å². The third-order valence-electron chi connectivity index (χ3n) is 2.91. The normalized spacial score (nSPS) is 16.6. The van der Waals surface area contributed by atoms with Crippen LogP contribution >= 0.6 is 0 Å². The zero-order valence-corrected chi connectivity index (χ0v) is 11.5. The largest absolute Gasteiger partial charge is 0.382 e. The van der Waals surface area contributed by atoms with Gasteiger partial charge in [-0.25, -0.2) is 0 Å². The van der Waals surface area contributed by atoms with Gasteiger partial charge in [-0.1, -0.05) is 0 Å². The van der Waals surface area contributed by atoms with Crippen molar-refractivity contribution in [1.82, 2.24) is 10.6 Å². The van der Waals surface area contributed by atoms with E-state index in [2.05, 4.69) is 10.6 Å². The molecule has 0 radical (unpaired) electrons. The maximum atomic E-state index is 11.6. The Bertz CT molecular complexity index is 232. The van der Waals surface area contributed by atoms with Gasteiger partial charge in [0.1, 0.15) is 0 Å². The first kappa shape index (κ1) is 15.4. The van der Waals surface area contributed by atoms with Crippen molar-refractivity contribution in [3.63, 3.8) is 0 Å². The van der Waals surface area contributed by atoms with E-state index in [1.165, 1.54) is 0 Å². The number of nitrogens with one attached hydrogen (secondary N) is 2. The molecule has 1 amide bonds. The maximum Gasteiger partial charge on any atom is 0.237 e. The summed E-state index contributed by atoms with van der Waals surface area (Å²) in [7, 11) is 1.67. The molecule has 0 saturated heterocycles. The Balaban J connectivity index is 1.85. The average molecular weight is 258 g/mol. The minimum absolute atomic E-state index is 0.0972. The van der Waals surface area contributed by atoms with Gasteiger partial charge in [-0.3, -0.25) is 4.79 Å². The highest BCUT2D eigenvalue weighted by Crippen LogP contribution is 2.18. The van der Waals surface area contributed by atoms with Gasteiger partial charge in [0.15, 0.2) is 0 Å². The molecule has 18 heavy (non-hydrogen) atoms. The Morgan fingerprint density at radius 1 is 1.28 bits per heavy atom. The van der Waals surface area contributed by atoms with Gasteiger partial charge in [0.2, 0.25) is 5.91 Å². The molecule has 0 aromatic rings. The number of methoxy groups -OCH3 is 1. The monoisotopic (exact) mass is 258 g/mol. The summed E-state index contributed by atoms with van der Waals surface area (Å²) in [5, 5.41) is 6.21. The molecule has 1 saturated carbocycles. The van der Waals surface area contributed by atoms with Crippen LogP contribution in [-0.4, -0.2) is 51.5 Å². The maximum absolute atomic E-state index is 11.6. The highest BCUT2D eigenvalue weighted by atomic mass is 16.5. The molecule has 0 aromatic heterocycles. The molecule has 0 spiro atoms. The first-order valence-electron chi connectivity index (χ1n) is 6.84. The number of unbranched alkanes of at least 4 members (excludes halogenated alkanes) is 1. The van der Waals surface area contributed by atoms with Crippen molar-refractivity contribution in [2.45, 2.75) is 44.7 Å². The third kappa shape index (κ3) is 7.63. The second-order valence-electron chi connectivity index (χ2n) is 4.77. The van der Waals surface area contributed by atoms with Gasteiger partial charge < -0.3 is 20.1 Å². The van der Waals surface area contributed by atoms with E-state index in [0.29, 0.717) is 19.3 Å². The minimum Gasteiger partial charge on any atom is -0.382 e. The molecule has 1 aliphatic rings. The summed E-state index contributed by atoms with van der Waals surface area (Å²) in [5.41, 5.74) is 0. The molecule has 5 nitrogen and oxygen atoms in total. The lowest BCUT2D eigenvalue weighted by Crippen LogP contribution is -2.43. The van der Waals surface area contributed by atoms with Crippen molar-refractivity contribution in [3.05, 3.63) is 0 Å². The molecule has 1 fully saturated rings. The molecular formula is C13H26N2O3. The smallest absolute Gasteiger partial charge is 0.237 e. The van der Waals surface area contributed by atoms with Crippen molar-refractivity contribution >= 4 is 5.91 Å². The van der Waals surface area contributed by atoms with E-state index < -0.39 is 0 Å². The quantitative estimate of drug-likeness (QED) is 0.535. The van der Waals surface area contributed by atoms with E-state index in [4.69, 9.17) is 9.47 Å². The number of ether oxygens (including phenoxy) is 2. The first-order valence-corrected chi connectivity index (χ1v) is 6.84. The molecule has 1 aliphatic carbocycles. The molecule has 0 aromatic carbocycles. The van der Waals surface area contributed by atoms with Crippen LogP contribution in [0.2, 0.25) is 0 Å². The number of carbonyl (C=O) groups excluding carboxylic acids is 1. The fraction of sp³-hybridized carbons (Fsp3) is 0.923. The lowest BCUT2D eigenvalue weighted by atomic mass is 10.2. The summed E-state index contributed by atoms with van der Waals surface area (Å²) < 4.78 is 10.2. The van der Waals surface area contributed by atoms with E-state index in [-0.39, 0.29) is 11.9 Å². The number of hydrogen-bond donors (Lipinski definition) is 2. The van der Waals surface area contributed by atoms with E-state index in [1.807, 2.05) is 6.92 Å². The Morgan fingerprint density at radius 2 is 2.06 bits per heavy atom. The summed E-state index contributed by atoms with van der Waals surface area (Å²) in [5.74, 6) is 0.119. The summed E-state index contributed by atoms with van der Waals surface area (Å²) in [6.45, 7) is 4.83. The van der Waals surface area contributed by atoms with Crippen LogP contribution in [0.1, 0.15) is 32.6 Å². The van der Waals surface area contributed by atoms with E-state index in [0.717, 1.165) is 38.8 Å². The van der Waals surface area contributed by atoms with Crippen LogP contribution in [0.3, 0.4) is 0 Å². The fourth-order valence-corrected chi connectivity index (χ4v) is 1.54. The molecule has 1 rings (SSSR count). The summed E-state index contributed by atoms with van der Waals surface area (Å²) in [6, 6.07) is 0.343. The van der Waals surface area contributed by atoms with Gasteiger partial charge in [-0.05, 0) is 39.2 Å². The highest BCUT2D eigenvalue weighted by molar-refractivity contribution is 5.81. The summed E-state index contributed by atoms with van der Waals surface area (Å²) in [6.07, 6.45) is 4.30. The van der Waals surface area contributed by atoms with Gasteiger partial charge in [-0.2, -0.15) is 0 Å². The van der Waals surface area contributed by atoms with Crippen LogP contribution in [0.25, 0.3) is 0 Å². The molecule has 2 N–H and O–H groups in total. The topological polar surface area (TPSA) is 59.6 Å². The Kier molecular flexibility index (Phi) is 7.96. The molecule has 1 atom stereocenters. The predicted octanol–water partition coefficient (Wildman–Crippen LogP) is 0.686. The lowest BCUT2D eigenvalue weighted by Gasteiger charge is -2.13. The molecule has 0 bridgehead atoms. The van der Waals surface area contributed by atoms with Gasteiger partial charge in [0.05, 0.1) is 19.3 Å². The second kappa shape index (κ2) is 9.30. The third-order valence-corrected chi connectivity index (χ3v) is 2.91. The molecule has 5 heteroatoms. The SMILES string of the molecule is COCCOCCCCNC(C)C(=O)NC1CC1. The highest BCUT2D eigenvalue weighted by Gasteiger charge is 2.25. The zero-order valence-electron chi connectivity index (χ0n) is 11.5. The van der Waals surface area contributed by atoms with Crippen molar-refractivity contribution in [3.8, 4) is 0 Å². The average Bonchev–Trinajstić information content (AvgIpc) is 3.16. The van der Waals surface area contributed by atoms with Crippen LogP contribution in [0, 0.1) is 0 Å². The standard InChI is InChI=1S/C13H26N2O3/c1-11(13(16)15-12-5-6-12)14-7-3-4-8-18-10-9-17-2/h11-12,14H,3-10H2,1-2H3,(H,15,16). The molecule has 0 heterocycles. The van der Waals surface area contributed by atoms with Crippen LogP contribution in [0.15, 0.2) is 0 Å². The van der Waals surface area contributed by atoms with Crippen molar-refractivity contribution in [2.75, 3.05) is 33.5 Å². The Morgan fingerprint density at radius 3 is 2.72 bits per heavy atom. The van der Waals surface area contributed by atoms with E-state index >= 15 is 0 Å². The van der Waals surface area contributed by atoms with Crippen molar-refractivity contribution < 1.29 is 14.3 Å². The lowest BCUT2D eigenvalue weighted by molar-refractivity contribution is -0.122. The van der Waals surface area contributed by atoms with Crippen LogP contribution in [0.4, 0.5) is 0 Å². The van der Waals surface area contributed by atoms with Crippen molar-refractivity contribution in [2.24, 2.45) is 0 Å². The number of amides is 1. The molecular weight excluding hydrogens is 232 g/mol. The Hall–Kier alpha value is -0.650. The van der Waals surface area contributed by atoms with E-state index in [1.54, 1.807) is 7.11 Å². The summed E-state index contributed by atoms with van der Waals surface area (Å²) in [4.78, 5) is 11.6. The van der Waals surface area contributed by atoms with Gasteiger partial charge >= 0.3 is 0 Å². The van der Waals surface area contributed by atoms with Gasteiger partial charge in [0, 0.05) is 19.8 Å². The number of hydrogen-bond acceptors (Lipinski definition) is 4. The zero-order chi connectivity index (χ0) is 13.2. The second-order valence-corrected chi connectivity index (χ2v) is 4.77. The summed E-state index contributed by atoms with van der Waals surface area (Å²) >= 11 is 0. The molecule has 1 unspecified atom stereocenters. The van der Waals surface area contributed by atoms with Gasteiger partial charge in [-0.15, -0.1) is 0 Å². The minimum atomic E-state index is -0.0972. The Labute approximate surface area is 110 Å². The van der Waals surface area contributed by atoms with Crippen LogP contribution in [-0.2, 0) is 14.3 Å². The molecule has 106 valence electrons. The number of carbonyl (C=O) groups is 1. The van der Waals surface area contributed by atoms with Crippen molar-refractivity contribution in [1.29, 1.82) is 0 Å². The molecule has 0 aliphatic heterocycles. The van der Waals surface area contributed by atoms with E-state index in [9.17, 15) is 4.79 Å². The number of rotatable bonds is 11.